The second kappa shape index (κ2) is 7.51. The van der Waals surface area contributed by atoms with Gasteiger partial charge in [-0.3, -0.25) is 4.79 Å². The topological polar surface area (TPSA) is 54.3 Å². The van der Waals surface area contributed by atoms with Gasteiger partial charge in [0.1, 0.15) is 11.8 Å². The Morgan fingerprint density at radius 2 is 1.62 bits per heavy atom. The van der Waals surface area contributed by atoms with Gasteiger partial charge in [0.25, 0.3) is 0 Å². The van der Waals surface area contributed by atoms with E-state index in [2.05, 4.69) is 5.32 Å². The number of amides is 1. The Hall–Kier alpha value is -3.01. The lowest BCUT2D eigenvalue weighted by molar-refractivity contribution is -0.123. The number of carbonyl (C=O) groups is 1. The smallest absolute Gasteiger partial charge is 0.247 e. The number of aromatic nitrogens is 1. The third-order valence-corrected chi connectivity index (χ3v) is 3.94. The van der Waals surface area contributed by atoms with Gasteiger partial charge in [0.2, 0.25) is 5.91 Å². The van der Waals surface area contributed by atoms with Crippen LogP contribution in [0.1, 0.15) is 17.2 Å². The van der Waals surface area contributed by atoms with Crippen molar-refractivity contribution in [2.45, 2.75) is 12.5 Å². The molecule has 0 fully saturated rings. The molecule has 24 heavy (non-hydrogen) atoms. The molecule has 3 aromatic rings. The van der Waals surface area contributed by atoms with Crippen molar-refractivity contribution in [1.29, 1.82) is 0 Å². The molecule has 0 aliphatic carbocycles. The third kappa shape index (κ3) is 3.84. The summed E-state index contributed by atoms with van der Waals surface area (Å²) in [6.07, 6.45) is 4.52. The van der Waals surface area contributed by atoms with E-state index in [4.69, 9.17) is 0 Å². The van der Waals surface area contributed by atoms with E-state index in [1.54, 1.807) is 12.1 Å². The summed E-state index contributed by atoms with van der Waals surface area (Å²) in [6.45, 7) is 0.550. The van der Waals surface area contributed by atoms with Crippen LogP contribution < -0.4 is 5.32 Å². The van der Waals surface area contributed by atoms with E-state index in [0.717, 1.165) is 17.5 Å². The lowest BCUT2D eigenvalue weighted by atomic mass is 10.1. The van der Waals surface area contributed by atoms with E-state index in [9.17, 15) is 9.90 Å². The van der Waals surface area contributed by atoms with Gasteiger partial charge in [-0.25, -0.2) is 0 Å². The first-order valence-electron chi connectivity index (χ1n) is 7.97. The molecule has 1 aromatic heterocycles. The van der Waals surface area contributed by atoms with Crippen LogP contribution in [-0.4, -0.2) is 22.1 Å². The number of rotatable bonds is 6. The number of phenols is 1. The summed E-state index contributed by atoms with van der Waals surface area (Å²) in [7, 11) is 0. The molecule has 0 saturated heterocycles. The molecule has 0 unspecified atom stereocenters. The molecule has 1 atom stereocenters. The summed E-state index contributed by atoms with van der Waals surface area (Å²) in [6, 6.07) is 20.2. The van der Waals surface area contributed by atoms with Crippen LogP contribution in [0, 0.1) is 0 Å². The molecule has 0 spiro atoms. The maximum Gasteiger partial charge on any atom is 0.247 e. The monoisotopic (exact) mass is 320 g/mol. The zero-order chi connectivity index (χ0) is 16.8. The summed E-state index contributed by atoms with van der Waals surface area (Å²) in [5, 5.41) is 12.3. The van der Waals surface area contributed by atoms with Gasteiger partial charge in [0.15, 0.2) is 0 Å². The number of hydrogen-bond acceptors (Lipinski definition) is 2. The number of nitrogens with zero attached hydrogens (tertiary/aromatic N) is 1. The van der Waals surface area contributed by atoms with E-state index in [-0.39, 0.29) is 17.7 Å². The minimum absolute atomic E-state index is 0.0313. The van der Waals surface area contributed by atoms with Crippen LogP contribution in [0.25, 0.3) is 0 Å². The first kappa shape index (κ1) is 15.9. The fourth-order valence-electron chi connectivity index (χ4n) is 2.70. The van der Waals surface area contributed by atoms with E-state index in [1.807, 2.05) is 71.6 Å². The van der Waals surface area contributed by atoms with Crippen molar-refractivity contribution in [2.75, 3.05) is 6.54 Å². The second-order valence-electron chi connectivity index (χ2n) is 5.65. The highest BCUT2D eigenvalue weighted by atomic mass is 16.3. The van der Waals surface area contributed by atoms with Gasteiger partial charge in [-0.05, 0) is 41.8 Å². The maximum atomic E-state index is 12.7. The van der Waals surface area contributed by atoms with E-state index >= 15 is 0 Å². The first-order valence-corrected chi connectivity index (χ1v) is 7.97. The molecule has 1 heterocycles. The lowest BCUT2D eigenvalue weighted by Crippen LogP contribution is -2.34. The van der Waals surface area contributed by atoms with Crippen LogP contribution in [-0.2, 0) is 11.2 Å². The van der Waals surface area contributed by atoms with E-state index < -0.39 is 0 Å². The van der Waals surface area contributed by atoms with Crippen molar-refractivity contribution < 1.29 is 9.90 Å². The Morgan fingerprint density at radius 3 is 2.29 bits per heavy atom. The molecular formula is C20H20N2O2. The minimum atomic E-state index is -0.374. The first-order chi connectivity index (χ1) is 11.7. The summed E-state index contributed by atoms with van der Waals surface area (Å²) >= 11 is 0. The standard InChI is InChI=1S/C20H20N2O2/c23-18-10-8-16(9-11-18)12-13-21-20(24)19(22-14-4-5-15-22)17-6-2-1-3-7-17/h1-11,14-15,19,23H,12-13H2,(H,21,24)/t19-/m1/s1. The number of phenolic OH excluding ortho intramolecular Hbond substituents is 1. The number of benzene rings is 2. The Labute approximate surface area is 141 Å². The minimum Gasteiger partial charge on any atom is -0.508 e. The highest BCUT2D eigenvalue weighted by Gasteiger charge is 2.21. The number of nitrogens with one attached hydrogen (secondary N) is 1. The van der Waals surface area contributed by atoms with Crippen LogP contribution >= 0.6 is 0 Å². The van der Waals surface area contributed by atoms with E-state index in [0.29, 0.717) is 6.54 Å². The number of hydrogen-bond donors (Lipinski definition) is 2. The van der Waals surface area contributed by atoms with Crippen molar-refractivity contribution in [3.63, 3.8) is 0 Å². The molecule has 4 heteroatoms. The molecule has 0 saturated carbocycles. The van der Waals surface area contributed by atoms with Crippen molar-refractivity contribution in [3.8, 4) is 5.75 Å². The average molecular weight is 320 g/mol. The second-order valence-corrected chi connectivity index (χ2v) is 5.65. The van der Waals surface area contributed by atoms with Crippen LogP contribution in [0.2, 0.25) is 0 Å². The fourth-order valence-corrected chi connectivity index (χ4v) is 2.70. The number of aromatic hydroxyl groups is 1. The summed E-state index contributed by atoms with van der Waals surface area (Å²) in [4.78, 5) is 12.7. The molecule has 0 radical (unpaired) electrons. The molecular weight excluding hydrogens is 300 g/mol. The largest absolute Gasteiger partial charge is 0.508 e. The van der Waals surface area contributed by atoms with Gasteiger partial charge in [-0.2, -0.15) is 0 Å². The molecule has 0 aliphatic rings. The van der Waals surface area contributed by atoms with Gasteiger partial charge in [0, 0.05) is 18.9 Å². The van der Waals surface area contributed by atoms with Crippen molar-refractivity contribution in [3.05, 3.63) is 90.3 Å². The van der Waals surface area contributed by atoms with Crippen LogP contribution in [0.5, 0.6) is 5.75 Å². The number of carbonyl (C=O) groups excluding carboxylic acids is 1. The Balaban J connectivity index is 1.67. The summed E-state index contributed by atoms with van der Waals surface area (Å²) in [5.74, 6) is 0.218. The molecule has 2 aromatic carbocycles. The third-order valence-electron chi connectivity index (χ3n) is 3.94. The van der Waals surface area contributed by atoms with Crippen LogP contribution in [0.15, 0.2) is 79.1 Å². The Kier molecular flexibility index (Phi) is 4.96. The summed E-state index contributed by atoms with van der Waals surface area (Å²) in [5.41, 5.74) is 2.03. The molecule has 3 rings (SSSR count). The van der Waals surface area contributed by atoms with Gasteiger partial charge in [-0.15, -0.1) is 0 Å². The van der Waals surface area contributed by atoms with Gasteiger partial charge >= 0.3 is 0 Å². The SMILES string of the molecule is O=C(NCCc1ccc(O)cc1)[C@@H](c1ccccc1)n1cccc1. The quantitative estimate of drug-likeness (QED) is 0.733. The fraction of sp³-hybridized carbons (Fsp3) is 0.150. The molecule has 0 bridgehead atoms. The van der Waals surface area contributed by atoms with Crippen LogP contribution in [0.3, 0.4) is 0 Å². The lowest BCUT2D eigenvalue weighted by Gasteiger charge is -2.19. The predicted molar refractivity (Wildman–Crippen MR) is 93.8 cm³/mol. The average Bonchev–Trinajstić information content (AvgIpc) is 3.12. The van der Waals surface area contributed by atoms with Gasteiger partial charge in [0.05, 0.1) is 0 Å². The van der Waals surface area contributed by atoms with Crippen molar-refractivity contribution >= 4 is 5.91 Å². The molecule has 0 aliphatic heterocycles. The normalized spacial score (nSPS) is 11.8. The van der Waals surface area contributed by atoms with E-state index in [1.165, 1.54) is 0 Å². The Bertz CT molecular complexity index is 765. The Morgan fingerprint density at radius 1 is 0.958 bits per heavy atom. The zero-order valence-electron chi connectivity index (χ0n) is 13.3. The van der Waals surface area contributed by atoms with Crippen LogP contribution in [0.4, 0.5) is 0 Å². The van der Waals surface area contributed by atoms with Crippen molar-refractivity contribution in [2.24, 2.45) is 0 Å². The zero-order valence-corrected chi connectivity index (χ0v) is 13.3. The molecule has 1 amide bonds. The van der Waals surface area contributed by atoms with Gasteiger partial charge in [-0.1, -0.05) is 42.5 Å². The van der Waals surface area contributed by atoms with Gasteiger partial charge < -0.3 is 15.0 Å². The molecule has 4 nitrogen and oxygen atoms in total. The summed E-state index contributed by atoms with van der Waals surface area (Å²) < 4.78 is 1.91. The molecule has 122 valence electrons. The molecule has 2 N–H and O–H groups in total. The van der Waals surface area contributed by atoms with Crippen molar-refractivity contribution in [1.82, 2.24) is 9.88 Å². The maximum absolute atomic E-state index is 12.7. The highest BCUT2D eigenvalue weighted by molar-refractivity contribution is 5.83. The highest BCUT2D eigenvalue weighted by Crippen LogP contribution is 2.18. The predicted octanol–water partition coefficient (Wildman–Crippen LogP) is 3.14.